The van der Waals surface area contributed by atoms with Crippen LogP contribution in [0.3, 0.4) is 0 Å². The van der Waals surface area contributed by atoms with Gasteiger partial charge in [-0.1, -0.05) is 24.6 Å². The molecule has 1 N–H and O–H groups in total. The third-order valence-electron chi connectivity index (χ3n) is 3.35. The molecule has 0 bridgehead atoms. The molecule has 1 heterocycles. The average molecular weight is 321 g/mol. The van der Waals surface area contributed by atoms with Gasteiger partial charge in [-0.2, -0.15) is 23.5 Å². The molecule has 1 nitrogen and oxygen atoms in total. The quantitative estimate of drug-likeness (QED) is 0.905. The Morgan fingerprint density at radius 2 is 2.16 bits per heavy atom. The van der Waals surface area contributed by atoms with Gasteiger partial charge >= 0.3 is 0 Å². The SMILES string of the molecule is CCC1SCCSC1C(O)Cc1c(F)cccc1Cl. The predicted octanol–water partition coefficient (Wildman–Crippen LogP) is 4.01. The van der Waals surface area contributed by atoms with Crippen molar-refractivity contribution in [2.45, 2.75) is 36.4 Å². The molecule has 1 fully saturated rings. The summed E-state index contributed by atoms with van der Waals surface area (Å²) in [4.78, 5) is 0. The molecule has 1 saturated heterocycles. The van der Waals surface area contributed by atoms with E-state index >= 15 is 0 Å². The monoisotopic (exact) mass is 320 g/mol. The zero-order chi connectivity index (χ0) is 13.8. The van der Waals surface area contributed by atoms with Gasteiger partial charge in [0.05, 0.1) is 6.10 Å². The van der Waals surface area contributed by atoms with Crippen LogP contribution in [0.15, 0.2) is 18.2 Å². The lowest BCUT2D eigenvalue weighted by Gasteiger charge is -2.33. The molecule has 1 aliphatic heterocycles. The fourth-order valence-electron chi connectivity index (χ4n) is 2.35. The molecule has 2 rings (SSSR count). The van der Waals surface area contributed by atoms with Gasteiger partial charge in [0.1, 0.15) is 5.82 Å². The first kappa shape index (κ1) is 15.5. The minimum atomic E-state index is -0.544. The van der Waals surface area contributed by atoms with E-state index in [0.29, 0.717) is 22.3 Å². The number of aliphatic hydroxyl groups excluding tert-OH is 1. The number of thioether (sulfide) groups is 2. The van der Waals surface area contributed by atoms with Gasteiger partial charge in [-0.15, -0.1) is 0 Å². The Balaban J connectivity index is 2.09. The molecule has 106 valence electrons. The van der Waals surface area contributed by atoms with Crippen LogP contribution in [0.2, 0.25) is 5.02 Å². The smallest absolute Gasteiger partial charge is 0.127 e. The lowest BCUT2D eigenvalue weighted by atomic mass is 10.0. The molecule has 3 unspecified atom stereocenters. The highest BCUT2D eigenvalue weighted by Crippen LogP contribution is 2.36. The fraction of sp³-hybridized carbons (Fsp3) is 0.571. The number of aliphatic hydroxyl groups is 1. The molecule has 0 spiro atoms. The summed E-state index contributed by atoms with van der Waals surface area (Å²) < 4.78 is 13.7. The minimum Gasteiger partial charge on any atom is -0.392 e. The van der Waals surface area contributed by atoms with Crippen molar-refractivity contribution in [2.75, 3.05) is 11.5 Å². The van der Waals surface area contributed by atoms with Gasteiger partial charge < -0.3 is 5.11 Å². The van der Waals surface area contributed by atoms with Crippen LogP contribution in [0.1, 0.15) is 18.9 Å². The van der Waals surface area contributed by atoms with Crippen LogP contribution in [-0.4, -0.2) is 33.2 Å². The molecule has 0 radical (unpaired) electrons. The summed E-state index contributed by atoms with van der Waals surface area (Å²) in [6, 6.07) is 4.66. The van der Waals surface area contributed by atoms with Crippen molar-refractivity contribution in [3.63, 3.8) is 0 Å². The molecule has 1 aliphatic rings. The lowest BCUT2D eigenvalue weighted by Crippen LogP contribution is -2.37. The Bertz CT molecular complexity index is 410. The number of hydrogen-bond acceptors (Lipinski definition) is 3. The summed E-state index contributed by atoms with van der Waals surface area (Å²) in [5.74, 6) is 1.86. The number of halogens is 2. The minimum absolute atomic E-state index is 0.166. The Kier molecular flexibility index (Phi) is 5.87. The van der Waals surface area contributed by atoms with E-state index in [1.807, 2.05) is 11.8 Å². The van der Waals surface area contributed by atoms with Crippen molar-refractivity contribution in [1.29, 1.82) is 0 Å². The first-order valence-electron chi connectivity index (χ1n) is 6.47. The van der Waals surface area contributed by atoms with Crippen LogP contribution in [0.25, 0.3) is 0 Å². The van der Waals surface area contributed by atoms with E-state index in [9.17, 15) is 9.50 Å². The van der Waals surface area contributed by atoms with E-state index in [0.717, 1.165) is 17.9 Å². The highest BCUT2D eigenvalue weighted by molar-refractivity contribution is 8.07. The van der Waals surface area contributed by atoms with Crippen molar-refractivity contribution in [2.24, 2.45) is 0 Å². The molecule has 1 aromatic rings. The second kappa shape index (κ2) is 7.21. The van der Waals surface area contributed by atoms with Gasteiger partial charge in [-0.3, -0.25) is 0 Å². The number of benzene rings is 1. The summed E-state index contributed by atoms with van der Waals surface area (Å²) in [5, 5.41) is 11.4. The Morgan fingerprint density at radius 1 is 1.42 bits per heavy atom. The summed E-state index contributed by atoms with van der Waals surface area (Å²) in [7, 11) is 0. The molecule has 3 atom stereocenters. The van der Waals surface area contributed by atoms with Gasteiger partial charge in [0.15, 0.2) is 0 Å². The van der Waals surface area contributed by atoms with Crippen molar-refractivity contribution in [1.82, 2.24) is 0 Å². The van der Waals surface area contributed by atoms with Gasteiger partial charge in [0.2, 0.25) is 0 Å². The highest BCUT2D eigenvalue weighted by Gasteiger charge is 2.31. The van der Waals surface area contributed by atoms with E-state index < -0.39 is 6.10 Å². The number of hydrogen-bond donors (Lipinski definition) is 1. The van der Waals surface area contributed by atoms with Gasteiger partial charge in [-0.05, 0) is 18.6 Å². The van der Waals surface area contributed by atoms with E-state index in [2.05, 4.69) is 6.92 Å². The fourth-order valence-corrected chi connectivity index (χ4v) is 5.74. The van der Waals surface area contributed by atoms with Crippen LogP contribution in [0, 0.1) is 5.82 Å². The first-order valence-corrected chi connectivity index (χ1v) is 8.95. The zero-order valence-corrected chi connectivity index (χ0v) is 13.2. The molecule has 19 heavy (non-hydrogen) atoms. The summed E-state index contributed by atoms with van der Waals surface area (Å²) in [5.41, 5.74) is 0.433. The van der Waals surface area contributed by atoms with E-state index in [1.54, 1.807) is 23.9 Å². The highest BCUT2D eigenvalue weighted by atomic mass is 35.5. The summed E-state index contributed by atoms with van der Waals surface area (Å²) in [6.45, 7) is 2.14. The van der Waals surface area contributed by atoms with Crippen LogP contribution in [-0.2, 0) is 6.42 Å². The Morgan fingerprint density at radius 3 is 2.84 bits per heavy atom. The largest absolute Gasteiger partial charge is 0.392 e. The topological polar surface area (TPSA) is 20.2 Å². The van der Waals surface area contributed by atoms with Crippen LogP contribution in [0.5, 0.6) is 0 Å². The second-order valence-electron chi connectivity index (χ2n) is 4.62. The van der Waals surface area contributed by atoms with Gasteiger partial charge in [0.25, 0.3) is 0 Å². The molecule has 0 amide bonds. The normalized spacial score (nSPS) is 25.3. The molecular weight excluding hydrogens is 303 g/mol. The maximum atomic E-state index is 13.7. The molecule has 0 saturated carbocycles. The molecule has 0 aliphatic carbocycles. The maximum Gasteiger partial charge on any atom is 0.127 e. The zero-order valence-electron chi connectivity index (χ0n) is 10.8. The molecular formula is C14H18ClFOS2. The predicted molar refractivity (Wildman–Crippen MR) is 83.9 cm³/mol. The van der Waals surface area contributed by atoms with Crippen molar-refractivity contribution in [3.05, 3.63) is 34.6 Å². The third kappa shape index (κ3) is 3.81. The summed E-state index contributed by atoms with van der Waals surface area (Å²) >= 11 is 9.73. The first-order chi connectivity index (χ1) is 9.13. The third-order valence-corrected chi connectivity index (χ3v) is 7.10. The summed E-state index contributed by atoms with van der Waals surface area (Å²) in [6.07, 6.45) is 0.780. The van der Waals surface area contributed by atoms with E-state index in [-0.39, 0.29) is 11.1 Å². The van der Waals surface area contributed by atoms with Crippen molar-refractivity contribution >= 4 is 35.1 Å². The lowest BCUT2D eigenvalue weighted by molar-refractivity contribution is 0.168. The van der Waals surface area contributed by atoms with Crippen LogP contribution in [0.4, 0.5) is 4.39 Å². The van der Waals surface area contributed by atoms with Crippen LogP contribution < -0.4 is 0 Å². The Labute approximate surface area is 127 Å². The second-order valence-corrected chi connectivity index (χ2v) is 7.66. The van der Waals surface area contributed by atoms with Crippen molar-refractivity contribution in [3.8, 4) is 0 Å². The standard InChI is InChI=1S/C14H18ClFOS2/c1-2-13-14(19-7-6-18-13)12(17)8-9-10(15)4-3-5-11(9)16/h3-5,12-14,17H,2,6-8H2,1H3. The van der Waals surface area contributed by atoms with E-state index in [4.69, 9.17) is 11.6 Å². The van der Waals surface area contributed by atoms with Crippen molar-refractivity contribution < 1.29 is 9.50 Å². The molecule has 1 aromatic carbocycles. The molecule has 5 heteroatoms. The Hall–Kier alpha value is 0.1000. The van der Waals surface area contributed by atoms with Gasteiger partial charge in [-0.25, -0.2) is 4.39 Å². The molecule has 0 aromatic heterocycles. The van der Waals surface area contributed by atoms with Crippen LogP contribution >= 0.6 is 35.1 Å². The van der Waals surface area contributed by atoms with Gasteiger partial charge in [0, 0.05) is 39.0 Å². The maximum absolute atomic E-state index is 13.7. The average Bonchev–Trinajstić information content (AvgIpc) is 2.42. The number of rotatable bonds is 4. The van der Waals surface area contributed by atoms with E-state index in [1.165, 1.54) is 6.07 Å².